The molecule has 0 aromatic heterocycles. The molecule has 3 N–H and O–H groups in total. The number of carbonyl (C=O) groups excluding carboxylic acids is 1. The fourth-order valence-electron chi connectivity index (χ4n) is 2.30. The molecule has 1 aliphatic rings. The highest BCUT2D eigenvalue weighted by molar-refractivity contribution is 5.77. The summed E-state index contributed by atoms with van der Waals surface area (Å²) in [7, 11) is 0. The van der Waals surface area contributed by atoms with Crippen LogP contribution in [0.1, 0.15) is 38.7 Å². The number of carbonyl (C=O) groups is 2. The Hall–Kier alpha value is -2.08. The molecule has 0 radical (unpaired) electrons. The average molecular weight is 348 g/mol. The van der Waals surface area contributed by atoms with Gasteiger partial charge in [-0.05, 0) is 51.6 Å². The summed E-state index contributed by atoms with van der Waals surface area (Å²) in [5, 5.41) is 15.2. The molecule has 0 saturated heterocycles. The van der Waals surface area contributed by atoms with Gasteiger partial charge in [-0.25, -0.2) is 0 Å². The molecule has 6 heteroatoms. The van der Waals surface area contributed by atoms with Gasteiger partial charge in [0.05, 0.1) is 5.41 Å². The molecule has 138 valence electrons. The third-order valence-electron chi connectivity index (χ3n) is 4.44. The van der Waals surface area contributed by atoms with E-state index in [0.717, 1.165) is 12.1 Å². The normalized spacial score (nSPS) is 14.2. The van der Waals surface area contributed by atoms with E-state index in [2.05, 4.69) is 10.6 Å². The summed E-state index contributed by atoms with van der Waals surface area (Å²) in [5.41, 5.74) is 0.202. The summed E-state index contributed by atoms with van der Waals surface area (Å²) in [4.78, 5) is 22.9. The maximum atomic E-state index is 11.8. The van der Waals surface area contributed by atoms with Crippen LogP contribution in [-0.4, -0.2) is 36.7 Å². The molecule has 1 saturated carbocycles. The number of nitrogens with one attached hydrogen (secondary N) is 2. The first-order chi connectivity index (χ1) is 11.9. The Morgan fingerprint density at radius 1 is 1.28 bits per heavy atom. The second-order valence-corrected chi connectivity index (χ2v) is 7.26. The molecule has 1 amide bonds. The van der Waals surface area contributed by atoms with E-state index >= 15 is 0 Å². The lowest BCUT2D eigenvalue weighted by molar-refractivity contribution is -0.147. The lowest BCUT2D eigenvalue weighted by atomic mass is 9.90. The number of carboxylic acids is 1. The third kappa shape index (κ3) is 6.74. The van der Waals surface area contributed by atoms with Gasteiger partial charge in [-0.2, -0.15) is 0 Å². The first-order valence-corrected chi connectivity index (χ1v) is 8.80. The van der Waals surface area contributed by atoms with Crippen molar-refractivity contribution in [3.63, 3.8) is 0 Å². The van der Waals surface area contributed by atoms with E-state index in [-0.39, 0.29) is 12.5 Å². The number of ether oxygens (including phenoxy) is 1. The van der Waals surface area contributed by atoms with E-state index in [4.69, 9.17) is 9.84 Å². The molecule has 25 heavy (non-hydrogen) atoms. The molecular formula is C19H28N2O4. The summed E-state index contributed by atoms with van der Waals surface area (Å²) in [6, 6.07) is 7.56. The molecular weight excluding hydrogens is 320 g/mol. The molecule has 1 fully saturated rings. The number of carboxylic acid groups (broad SMARTS) is 1. The van der Waals surface area contributed by atoms with Crippen LogP contribution in [0.5, 0.6) is 5.75 Å². The molecule has 0 atom stereocenters. The second kappa shape index (κ2) is 8.85. The molecule has 0 unspecified atom stereocenters. The molecule has 1 aromatic carbocycles. The molecule has 6 nitrogen and oxygen atoms in total. The van der Waals surface area contributed by atoms with E-state index in [9.17, 15) is 9.59 Å². The quantitative estimate of drug-likeness (QED) is 0.534. The van der Waals surface area contributed by atoms with Gasteiger partial charge in [0.2, 0.25) is 0 Å². The van der Waals surface area contributed by atoms with Gasteiger partial charge in [0.25, 0.3) is 5.91 Å². The molecule has 0 bridgehead atoms. The van der Waals surface area contributed by atoms with Gasteiger partial charge in [-0.1, -0.05) is 18.2 Å². The lowest BCUT2D eigenvalue weighted by Crippen LogP contribution is -2.31. The van der Waals surface area contributed by atoms with Crippen LogP contribution in [0, 0.1) is 11.3 Å². The van der Waals surface area contributed by atoms with Crippen molar-refractivity contribution in [2.75, 3.05) is 19.7 Å². The molecule has 0 spiro atoms. The predicted octanol–water partition coefficient (Wildman–Crippen LogP) is 2.18. The number of hydrogen-bond acceptors (Lipinski definition) is 4. The SMILES string of the molecule is CC(C)(CCNCc1ccccc1OCC(=O)NCC1CC1)C(=O)O. The highest BCUT2D eigenvalue weighted by atomic mass is 16.5. The molecule has 0 heterocycles. The highest BCUT2D eigenvalue weighted by Crippen LogP contribution is 2.27. The summed E-state index contributed by atoms with van der Waals surface area (Å²) < 4.78 is 5.64. The zero-order chi connectivity index (χ0) is 18.3. The summed E-state index contributed by atoms with van der Waals surface area (Å²) >= 11 is 0. The molecule has 1 aromatic rings. The zero-order valence-corrected chi connectivity index (χ0v) is 15.0. The van der Waals surface area contributed by atoms with E-state index in [1.807, 2.05) is 24.3 Å². The van der Waals surface area contributed by atoms with Crippen molar-refractivity contribution in [1.29, 1.82) is 0 Å². The van der Waals surface area contributed by atoms with Crippen molar-refractivity contribution in [3.05, 3.63) is 29.8 Å². The van der Waals surface area contributed by atoms with Gasteiger partial charge >= 0.3 is 5.97 Å². The van der Waals surface area contributed by atoms with Crippen molar-refractivity contribution >= 4 is 11.9 Å². The molecule has 0 aliphatic heterocycles. The minimum atomic E-state index is -0.796. The smallest absolute Gasteiger partial charge is 0.309 e. The summed E-state index contributed by atoms with van der Waals surface area (Å²) in [5.74, 6) is 0.428. The van der Waals surface area contributed by atoms with Gasteiger partial charge in [-0.15, -0.1) is 0 Å². The van der Waals surface area contributed by atoms with Gasteiger partial charge in [0, 0.05) is 18.7 Å². The Bertz CT molecular complexity index is 597. The Morgan fingerprint density at radius 2 is 2.00 bits per heavy atom. The minimum absolute atomic E-state index is 0.00970. The Morgan fingerprint density at radius 3 is 2.68 bits per heavy atom. The Balaban J connectivity index is 1.75. The molecule has 1 aliphatic carbocycles. The fourth-order valence-corrected chi connectivity index (χ4v) is 2.30. The number of benzene rings is 1. The highest BCUT2D eigenvalue weighted by Gasteiger charge is 2.26. The number of aliphatic carboxylic acids is 1. The van der Waals surface area contributed by atoms with E-state index in [0.29, 0.717) is 31.2 Å². The number of rotatable bonds is 11. The van der Waals surface area contributed by atoms with Crippen LogP contribution in [0.25, 0.3) is 0 Å². The second-order valence-electron chi connectivity index (χ2n) is 7.26. The minimum Gasteiger partial charge on any atom is -0.483 e. The third-order valence-corrected chi connectivity index (χ3v) is 4.44. The summed E-state index contributed by atoms with van der Waals surface area (Å²) in [6.07, 6.45) is 2.94. The zero-order valence-electron chi connectivity index (χ0n) is 15.0. The van der Waals surface area contributed by atoms with Crippen LogP contribution in [0.2, 0.25) is 0 Å². The molecule has 2 rings (SSSR count). The summed E-state index contributed by atoms with van der Waals surface area (Å²) in [6.45, 7) is 5.34. The first kappa shape index (κ1) is 19.2. The number of hydrogen-bond donors (Lipinski definition) is 3. The van der Waals surface area contributed by atoms with Crippen LogP contribution >= 0.6 is 0 Å². The van der Waals surface area contributed by atoms with Gasteiger partial charge in [0.15, 0.2) is 6.61 Å². The number of amides is 1. The topological polar surface area (TPSA) is 87.7 Å². The van der Waals surface area contributed by atoms with Crippen LogP contribution in [0.3, 0.4) is 0 Å². The Kier molecular flexibility index (Phi) is 6.82. The maximum Gasteiger partial charge on any atom is 0.309 e. The van der Waals surface area contributed by atoms with Gasteiger partial charge < -0.3 is 20.5 Å². The van der Waals surface area contributed by atoms with Crippen molar-refractivity contribution in [2.45, 2.75) is 39.7 Å². The van der Waals surface area contributed by atoms with E-state index in [1.54, 1.807) is 13.8 Å². The van der Waals surface area contributed by atoms with E-state index < -0.39 is 11.4 Å². The average Bonchev–Trinajstić information content (AvgIpc) is 3.40. The van der Waals surface area contributed by atoms with E-state index in [1.165, 1.54) is 12.8 Å². The first-order valence-electron chi connectivity index (χ1n) is 8.80. The standard InChI is InChI=1S/C19H28N2O4/c1-19(2,18(23)24)9-10-20-12-15-5-3-4-6-16(15)25-13-17(22)21-11-14-7-8-14/h3-6,14,20H,7-13H2,1-2H3,(H,21,22)(H,23,24). The predicted molar refractivity (Wildman–Crippen MR) is 95.4 cm³/mol. The van der Waals surface area contributed by atoms with Crippen molar-refractivity contribution < 1.29 is 19.4 Å². The van der Waals surface area contributed by atoms with Crippen molar-refractivity contribution in [1.82, 2.24) is 10.6 Å². The van der Waals surface area contributed by atoms with Crippen molar-refractivity contribution in [2.24, 2.45) is 11.3 Å². The Labute approximate surface area is 149 Å². The van der Waals surface area contributed by atoms with Gasteiger partial charge in [0.1, 0.15) is 5.75 Å². The van der Waals surface area contributed by atoms with Crippen LogP contribution < -0.4 is 15.4 Å². The fraction of sp³-hybridized carbons (Fsp3) is 0.579. The van der Waals surface area contributed by atoms with Crippen LogP contribution in [-0.2, 0) is 16.1 Å². The maximum absolute atomic E-state index is 11.8. The van der Waals surface area contributed by atoms with Crippen molar-refractivity contribution in [3.8, 4) is 5.75 Å². The van der Waals surface area contributed by atoms with Gasteiger partial charge in [-0.3, -0.25) is 9.59 Å². The van der Waals surface area contributed by atoms with Crippen LogP contribution in [0.4, 0.5) is 0 Å². The lowest BCUT2D eigenvalue weighted by Gasteiger charge is -2.19. The monoisotopic (exact) mass is 348 g/mol. The number of para-hydroxylation sites is 1. The largest absolute Gasteiger partial charge is 0.483 e. The van der Waals surface area contributed by atoms with Crippen LogP contribution in [0.15, 0.2) is 24.3 Å².